The summed E-state index contributed by atoms with van der Waals surface area (Å²) >= 11 is 0. The molecule has 0 radical (unpaired) electrons. The van der Waals surface area contributed by atoms with Gasteiger partial charge in [0.25, 0.3) is 0 Å². The second-order valence-corrected chi connectivity index (χ2v) is 10.5. The first kappa shape index (κ1) is 25.8. The van der Waals surface area contributed by atoms with E-state index in [0.717, 1.165) is 78.6 Å². The van der Waals surface area contributed by atoms with Gasteiger partial charge in [0.05, 0.1) is 0 Å². The van der Waals surface area contributed by atoms with Crippen molar-refractivity contribution in [2.75, 3.05) is 26.5 Å². The normalized spacial score (nSPS) is 24.2. The van der Waals surface area contributed by atoms with Crippen LogP contribution in [0.2, 0.25) is 0 Å². The van der Waals surface area contributed by atoms with Crippen LogP contribution in [0.5, 0.6) is 0 Å². The molecule has 0 saturated heterocycles. The lowest BCUT2D eigenvalue weighted by atomic mass is 9.62. The van der Waals surface area contributed by atoms with Crippen LogP contribution in [0.3, 0.4) is 0 Å². The number of rotatable bonds is 9. The standard InChI is InChI=1S/C30H40N6/c1-6-9-25(19-32-3)26-20-33-27(24-11-8-10-23(18-24)22(7-2)21-36(4)5)34-28(26)35-30-15-12-29(31,13-16-30)14-17-30/h7-11,18-21H,2,6,12-17,31H2,1,3-5H3,(H,33,34,35)/b22-21+,25-9+,32-19?. The molecule has 190 valence electrons. The Hall–Kier alpha value is -3.25. The molecule has 3 N–H and O–H groups in total. The van der Waals surface area contributed by atoms with E-state index in [1.165, 1.54) is 0 Å². The Morgan fingerprint density at radius 1 is 1.17 bits per heavy atom. The number of aliphatic imine (C=N–C) groups is 1. The lowest BCUT2D eigenvalue weighted by molar-refractivity contribution is 0.126. The highest BCUT2D eigenvalue weighted by Gasteiger charge is 2.47. The predicted octanol–water partition coefficient (Wildman–Crippen LogP) is 5.94. The summed E-state index contributed by atoms with van der Waals surface area (Å²) in [5.41, 5.74) is 11.8. The first-order valence-electron chi connectivity index (χ1n) is 13.0. The molecule has 36 heavy (non-hydrogen) atoms. The summed E-state index contributed by atoms with van der Waals surface area (Å²) in [6, 6.07) is 8.34. The first-order chi connectivity index (χ1) is 17.3. The highest BCUT2D eigenvalue weighted by atomic mass is 15.1. The van der Waals surface area contributed by atoms with Gasteiger partial charge in [0.2, 0.25) is 0 Å². The van der Waals surface area contributed by atoms with Gasteiger partial charge in [0, 0.05) is 67.5 Å². The van der Waals surface area contributed by atoms with Crippen molar-refractivity contribution in [2.24, 2.45) is 10.7 Å². The Balaban J connectivity index is 1.77. The molecule has 3 saturated carbocycles. The fraction of sp³-hybridized carbons (Fsp3) is 0.433. The predicted molar refractivity (Wildman–Crippen MR) is 153 cm³/mol. The van der Waals surface area contributed by atoms with Gasteiger partial charge < -0.3 is 16.0 Å². The van der Waals surface area contributed by atoms with Crippen molar-refractivity contribution >= 4 is 23.2 Å². The van der Waals surface area contributed by atoms with Gasteiger partial charge in [-0.1, -0.05) is 43.9 Å². The number of nitrogens with zero attached hydrogens (tertiary/aromatic N) is 4. The van der Waals surface area contributed by atoms with Gasteiger partial charge in [-0.25, -0.2) is 9.97 Å². The maximum absolute atomic E-state index is 6.59. The average molecular weight is 485 g/mol. The SMILES string of the molecule is C=C/C(=C\N(C)C)c1cccc(-c2ncc(/C(C=NC)=C/CC)c(NC34CCC(N)(CC3)CC4)n2)c1. The van der Waals surface area contributed by atoms with Crippen molar-refractivity contribution in [2.45, 2.75) is 62.9 Å². The van der Waals surface area contributed by atoms with Crippen LogP contribution in [0.1, 0.15) is 63.0 Å². The van der Waals surface area contributed by atoms with Gasteiger partial charge in [-0.2, -0.15) is 0 Å². The monoisotopic (exact) mass is 484 g/mol. The Labute approximate surface area is 216 Å². The maximum Gasteiger partial charge on any atom is 0.161 e. The van der Waals surface area contributed by atoms with E-state index in [4.69, 9.17) is 15.7 Å². The minimum absolute atomic E-state index is 0.0224. The molecule has 2 aromatic rings. The number of nitrogens with two attached hydrogens (primary N) is 1. The summed E-state index contributed by atoms with van der Waals surface area (Å²) in [5.74, 6) is 1.58. The number of benzene rings is 1. The lowest BCUT2D eigenvalue weighted by Crippen LogP contribution is -2.58. The van der Waals surface area contributed by atoms with E-state index in [9.17, 15) is 0 Å². The minimum atomic E-state index is 0.0224. The average Bonchev–Trinajstić information content (AvgIpc) is 2.88. The smallest absolute Gasteiger partial charge is 0.161 e. The molecular formula is C30H40N6. The van der Waals surface area contributed by atoms with Crippen LogP contribution < -0.4 is 11.1 Å². The van der Waals surface area contributed by atoms with E-state index in [-0.39, 0.29) is 11.1 Å². The third kappa shape index (κ3) is 5.59. The molecule has 3 fully saturated rings. The highest BCUT2D eigenvalue weighted by molar-refractivity contribution is 6.11. The molecule has 1 heterocycles. The van der Waals surface area contributed by atoms with Crippen molar-refractivity contribution in [3.8, 4) is 11.4 Å². The van der Waals surface area contributed by atoms with E-state index in [1.807, 2.05) is 37.5 Å². The highest BCUT2D eigenvalue weighted by Crippen LogP contribution is 2.47. The zero-order valence-electron chi connectivity index (χ0n) is 22.2. The molecule has 6 heteroatoms. The van der Waals surface area contributed by atoms with Crippen LogP contribution in [0.4, 0.5) is 5.82 Å². The van der Waals surface area contributed by atoms with Crippen molar-refractivity contribution in [3.63, 3.8) is 0 Å². The van der Waals surface area contributed by atoms with E-state index in [2.05, 4.69) is 60.4 Å². The Bertz CT molecular complexity index is 1170. The molecule has 0 spiro atoms. The molecule has 0 aliphatic heterocycles. The summed E-state index contributed by atoms with van der Waals surface area (Å²) in [5, 5.41) is 3.91. The Kier molecular flexibility index (Phi) is 7.74. The molecule has 6 nitrogen and oxygen atoms in total. The van der Waals surface area contributed by atoms with Gasteiger partial charge in [-0.05, 0) is 62.1 Å². The Morgan fingerprint density at radius 3 is 2.50 bits per heavy atom. The molecule has 1 aromatic heterocycles. The summed E-state index contributed by atoms with van der Waals surface area (Å²) in [7, 11) is 5.83. The molecule has 0 amide bonds. The number of hydrogen-bond acceptors (Lipinski definition) is 6. The first-order valence-corrected chi connectivity index (χ1v) is 13.0. The quantitative estimate of drug-likeness (QED) is 0.340. The van der Waals surface area contributed by atoms with E-state index < -0.39 is 0 Å². The van der Waals surface area contributed by atoms with Crippen LogP contribution >= 0.6 is 0 Å². The van der Waals surface area contributed by atoms with Crippen molar-refractivity contribution in [1.82, 2.24) is 14.9 Å². The third-order valence-corrected chi connectivity index (χ3v) is 7.55. The topological polar surface area (TPSA) is 79.4 Å². The second kappa shape index (κ2) is 10.8. The molecule has 0 unspecified atom stereocenters. The van der Waals surface area contributed by atoms with Crippen LogP contribution in [0, 0.1) is 0 Å². The van der Waals surface area contributed by atoms with Crippen molar-refractivity contribution in [1.29, 1.82) is 0 Å². The minimum Gasteiger partial charge on any atom is -0.383 e. The van der Waals surface area contributed by atoms with Crippen LogP contribution in [0.25, 0.3) is 22.5 Å². The van der Waals surface area contributed by atoms with E-state index >= 15 is 0 Å². The molecular weight excluding hydrogens is 444 g/mol. The Morgan fingerprint density at radius 2 is 1.89 bits per heavy atom. The van der Waals surface area contributed by atoms with Crippen molar-refractivity contribution in [3.05, 3.63) is 66.5 Å². The van der Waals surface area contributed by atoms with Gasteiger partial charge in [-0.15, -0.1) is 0 Å². The number of fused-ring (bicyclic) bond motifs is 3. The van der Waals surface area contributed by atoms with Gasteiger partial charge in [-0.3, -0.25) is 4.99 Å². The van der Waals surface area contributed by atoms with Gasteiger partial charge in [0.15, 0.2) is 5.82 Å². The molecule has 3 aliphatic carbocycles. The number of allylic oxidation sites excluding steroid dienone is 4. The van der Waals surface area contributed by atoms with Crippen molar-refractivity contribution < 1.29 is 0 Å². The molecule has 2 bridgehead atoms. The van der Waals surface area contributed by atoms with Gasteiger partial charge in [0.1, 0.15) is 5.82 Å². The molecule has 3 aliphatic rings. The van der Waals surface area contributed by atoms with Crippen LogP contribution in [0.15, 0.2) is 60.4 Å². The molecule has 1 aromatic carbocycles. The lowest BCUT2D eigenvalue weighted by Gasteiger charge is -2.52. The van der Waals surface area contributed by atoms with Gasteiger partial charge >= 0.3 is 0 Å². The fourth-order valence-corrected chi connectivity index (χ4v) is 5.43. The number of hydrogen-bond donors (Lipinski definition) is 2. The maximum atomic E-state index is 6.59. The summed E-state index contributed by atoms with van der Waals surface area (Å²) < 4.78 is 0. The largest absolute Gasteiger partial charge is 0.383 e. The molecule has 5 rings (SSSR count). The summed E-state index contributed by atoms with van der Waals surface area (Å²) in [6.07, 6.45) is 17.3. The molecule has 0 atom stereocenters. The van der Waals surface area contributed by atoms with Crippen LogP contribution in [-0.2, 0) is 0 Å². The number of anilines is 1. The number of nitrogens with one attached hydrogen (secondary N) is 1. The van der Waals surface area contributed by atoms with Crippen LogP contribution in [-0.4, -0.2) is 53.3 Å². The summed E-state index contributed by atoms with van der Waals surface area (Å²) in [6.45, 7) is 6.14. The zero-order chi connectivity index (χ0) is 25.8. The van der Waals surface area contributed by atoms with E-state index in [0.29, 0.717) is 5.82 Å². The fourth-order valence-electron chi connectivity index (χ4n) is 5.43. The van der Waals surface area contributed by atoms with E-state index in [1.54, 1.807) is 7.05 Å². The summed E-state index contributed by atoms with van der Waals surface area (Å²) in [4.78, 5) is 16.3. The zero-order valence-corrected chi connectivity index (χ0v) is 22.2. The second-order valence-electron chi connectivity index (χ2n) is 10.5. The third-order valence-electron chi connectivity index (χ3n) is 7.55. The number of aromatic nitrogens is 2.